The van der Waals surface area contributed by atoms with Gasteiger partial charge in [-0.25, -0.2) is 0 Å². The van der Waals surface area contributed by atoms with Gasteiger partial charge in [0, 0.05) is 11.5 Å². The molecule has 0 saturated carbocycles. The molecule has 1 heteroatoms. The van der Waals surface area contributed by atoms with Gasteiger partial charge in [-0.1, -0.05) is 68.8 Å². The van der Waals surface area contributed by atoms with E-state index in [2.05, 4.69) is 13.0 Å². The first-order valence-electron chi connectivity index (χ1n) is 6.90. The minimum absolute atomic E-state index is 0.0851. The molecule has 0 radical (unpaired) electrons. The zero-order valence-electron chi connectivity index (χ0n) is 11.6. The second kappa shape index (κ2) is 6.33. The average Bonchev–Trinajstić information content (AvgIpc) is 2.47. The molecule has 2 aromatic carbocycles. The summed E-state index contributed by atoms with van der Waals surface area (Å²) in [4.78, 5) is 12.5. The molecule has 0 fully saturated rings. The van der Waals surface area contributed by atoms with E-state index < -0.39 is 0 Å². The van der Waals surface area contributed by atoms with Gasteiger partial charge in [0.2, 0.25) is 0 Å². The van der Waals surface area contributed by atoms with Gasteiger partial charge in [-0.3, -0.25) is 4.79 Å². The fourth-order valence-electron chi connectivity index (χ4n) is 2.31. The van der Waals surface area contributed by atoms with Crippen molar-refractivity contribution in [2.75, 3.05) is 0 Å². The molecule has 1 nitrogen and oxygen atoms in total. The zero-order valence-corrected chi connectivity index (χ0v) is 11.6. The van der Waals surface area contributed by atoms with E-state index in [0.29, 0.717) is 0 Å². The molecule has 1 atom stereocenters. The zero-order chi connectivity index (χ0) is 13.7. The Morgan fingerprint density at radius 2 is 1.79 bits per heavy atom. The number of rotatable bonds is 5. The van der Waals surface area contributed by atoms with Gasteiger partial charge in [-0.2, -0.15) is 0 Å². The number of aryl methyl sites for hydroxylation is 1. The predicted molar refractivity (Wildman–Crippen MR) is 79.6 cm³/mol. The summed E-state index contributed by atoms with van der Waals surface area (Å²) in [6, 6.07) is 18.0. The molecule has 0 heterocycles. The molecule has 0 N–H and O–H groups in total. The molecular formula is C18H20O. The Kier molecular flexibility index (Phi) is 4.51. The van der Waals surface area contributed by atoms with Crippen LogP contribution in [0.1, 0.15) is 47.7 Å². The van der Waals surface area contributed by atoms with Crippen LogP contribution in [0.2, 0.25) is 0 Å². The van der Waals surface area contributed by atoms with Gasteiger partial charge < -0.3 is 0 Å². The Morgan fingerprint density at radius 3 is 2.47 bits per heavy atom. The molecule has 2 rings (SSSR count). The standard InChI is InChI=1S/C18H20O/c1-3-8-15-9-7-12-17(13-15)18(19)14(2)16-10-5-4-6-11-16/h4-7,9-14H,3,8H2,1-2H3. The van der Waals surface area contributed by atoms with Crippen molar-refractivity contribution in [1.29, 1.82) is 0 Å². The van der Waals surface area contributed by atoms with Gasteiger partial charge in [-0.15, -0.1) is 0 Å². The highest BCUT2D eigenvalue weighted by Crippen LogP contribution is 2.21. The van der Waals surface area contributed by atoms with Crippen LogP contribution in [0.15, 0.2) is 54.6 Å². The monoisotopic (exact) mass is 252 g/mol. The normalized spacial score (nSPS) is 12.1. The maximum Gasteiger partial charge on any atom is 0.170 e. The lowest BCUT2D eigenvalue weighted by Gasteiger charge is -2.11. The molecule has 2 aromatic rings. The lowest BCUT2D eigenvalue weighted by atomic mass is 9.91. The molecule has 0 aliphatic carbocycles. The predicted octanol–water partition coefficient (Wildman–Crippen LogP) is 4.63. The highest BCUT2D eigenvalue weighted by molar-refractivity contribution is 6.00. The van der Waals surface area contributed by atoms with E-state index in [9.17, 15) is 4.79 Å². The molecule has 0 aromatic heterocycles. The number of carbonyl (C=O) groups is 1. The molecule has 0 amide bonds. The third-order valence-electron chi connectivity index (χ3n) is 3.44. The first-order chi connectivity index (χ1) is 9.22. The van der Waals surface area contributed by atoms with Crippen molar-refractivity contribution in [3.8, 4) is 0 Å². The Bertz CT molecular complexity index is 543. The molecule has 1 unspecified atom stereocenters. The molecule has 0 spiro atoms. The highest BCUT2D eigenvalue weighted by atomic mass is 16.1. The quantitative estimate of drug-likeness (QED) is 0.709. The van der Waals surface area contributed by atoms with Crippen LogP contribution in [0.25, 0.3) is 0 Å². The van der Waals surface area contributed by atoms with Crippen LogP contribution < -0.4 is 0 Å². The van der Waals surface area contributed by atoms with Crippen molar-refractivity contribution in [2.45, 2.75) is 32.6 Å². The summed E-state index contributed by atoms with van der Waals surface area (Å²) < 4.78 is 0. The average molecular weight is 252 g/mol. The van der Waals surface area contributed by atoms with Crippen molar-refractivity contribution in [3.63, 3.8) is 0 Å². The minimum atomic E-state index is -0.0851. The van der Waals surface area contributed by atoms with Crippen molar-refractivity contribution >= 4 is 5.78 Å². The van der Waals surface area contributed by atoms with Gasteiger partial charge in [0.1, 0.15) is 0 Å². The summed E-state index contributed by atoms with van der Waals surface area (Å²) in [6.07, 6.45) is 2.13. The van der Waals surface area contributed by atoms with Crippen molar-refractivity contribution < 1.29 is 4.79 Å². The second-order valence-electron chi connectivity index (χ2n) is 4.95. The van der Waals surface area contributed by atoms with Gasteiger partial charge in [0.15, 0.2) is 5.78 Å². The number of benzene rings is 2. The first-order valence-corrected chi connectivity index (χ1v) is 6.90. The van der Waals surface area contributed by atoms with Crippen LogP contribution in [-0.4, -0.2) is 5.78 Å². The summed E-state index contributed by atoms with van der Waals surface area (Å²) in [6.45, 7) is 4.13. The fourth-order valence-corrected chi connectivity index (χ4v) is 2.31. The topological polar surface area (TPSA) is 17.1 Å². The van der Waals surface area contributed by atoms with E-state index in [4.69, 9.17) is 0 Å². The lowest BCUT2D eigenvalue weighted by Crippen LogP contribution is -2.09. The first kappa shape index (κ1) is 13.5. The van der Waals surface area contributed by atoms with E-state index in [1.54, 1.807) is 0 Å². The van der Waals surface area contributed by atoms with E-state index >= 15 is 0 Å². The smallest absolute Gasteiger partial charge is 0.170 e. The summed E-state index contributed by atoms with van der Waals surface area (Å²) in [5.74, 6) is 0.113. The largest absolute Gasteiger partial charge is 0.294 e. The van der Waals surface area contributed by atoms with Gasteiger partial charge >= 0.3 is 0 Å². The van der Waals surface area contributed by atoms with Crippen LogP contribution in [0.4, 0.5) is 0 Å². The van der Waals surface area contributed by atoms with E-state index in [1.165, 1.54) is 5.56 Å². The molecule has 0 saturated heterocycles. The maximum absolute atomic E-state index is 12.5. The Morgan fingerprint density at radius 1 is 1.05 bits per heavy atom. The van der Waals surface area contributed by atoms with E-state index in [1.807, 2.05) is 55.5 Å². The molecule has 0 aliphatic heterocycles. The summed E-state index contributed by atoms with van der Waals surface area (Å²) >= 11 is 0. The van der Waals surface area contributed by atoms with Gasteiger partial charge in [-0.05, 0) is 23.6 Å². The number of hydrogen-bond acceptors (Lipinski definition) is 1. The molecule has 0 aliphatic rings. The summed E-state index contributed by atoms with van der Waals surface area (Å²) in [5.41, 5.74) is 3.14. The van der Waals surface area contributed by atoms with Crippen molar-refractivity contribution in [2.24, 2.45) is 0 Å². The second-order valence-corrected chi connectivity index (χ2v) is 4.95. The highest BCUT2D eigenvalue weighted by Gasteiger charge is 2.16. The van der Waals surface area contributed by atoms with Crippen LogP contribution in [0, 0.1) is 0 Å². The number of ketones is 1. The Balaban J connectivity index is 2.22. The van der Waals surface area contributed by atoms with Crippen LogP contribution in [0.5, 0.6) is 0 Å². The Hall–Kier alpha value is -1.89. The van der Waals surface area contributed by atoms with Crippen molar-refractivity contribution in [3.05, 3.63) is 71.3 Å². The van der Waals surface area contributed by atoms with E-state index in [-0.39, 0.29) is 11.7 Å². The fraction of sp³-hybridized carbons (Fsp3) is 0.278. The SMILES string of the molecule is CCCc1cccc(C(=O)C(C)c2ccccc2)c1. The number of Topliss-reactive ketones (excluding diaryl/α,β-unsaturated/α-hetero) is 1. The number of carbonyl (C=O) groups excluding carboxylic acids is 1. The third-order valence-corrected chi connectivity index (χ3v) is 3.44. The minimum Gasteiger partial charge on any atom is -0.294 e. The maximum atomic E-state index is 12.5. The lowest BCUT2D eigenvalue weighted by molar-refractivity contribution is 0.0966. The van der Waals surface area contributed by atoms with E-state index in [0.717, 1.165) is 24.0 Å². The van der Waals surface area contributed by atoms with Crippen molar-refractivity contribution in [1.82, 2.24) is 0 Å². The molecule has 98 valence electrons. The molecular weight excluding hydrogens is 232 g/mol. The van der Waals surface area contributed by atoms with Crippen LogP contribution in [0.3, 0.4) is 0 Å². The molecule has 0 bridgehead atoms. The van der Waals surface area contributed by atoms with Crippen LogP contribution >= 0.6 is 0 Å². The van der Waals surface area contributed by atoms with Gasteiger partial charge in [0.05, 0.1) is 0 Å². The summed E-state index contributed by atoms with van der Waals surface area (Å²) in [7, 11) is 0. The molecule has 19 heavy (non-hydrogen) atoms. The summed E-state index contributed by atoms with van der Waals surface area (Å²) in [5, 5.41) is 0. The van der Waals surface area contributed by atoms with Crippen LogP contribution in [-0.2, 0) is 6.42 Å². The van der Waals surface area contributed by atoms with Gasteiger partial charge in [0.25, 0.3) is 0 Å². The number of hydrogen-bond donors (Lipinski definition) is 0. The Labute approximate surface area is 115 Å². The third kappa shape index (κ3) is 3.31.